The van der Waals surface area contributed by atoms with Crippen molar-refractivity contribution in [1.82, 2.24) is 10.9 Å². The minimum absolute atomic E-state index is 0.236. The topological polar surface area (TPSA) is 112 Å². The summed E-state index contributed by atoms with van der Waals surface area (Å²) in [5, 5.41) is 4.23. The lowest BCUT2D eigenvalue weighted by Gasteiger charge is -2.07. The zero-order chi connectivity index (χ0) is 19.3. The van der Waals surface area contributed by atoms with Crippen LogP contribution in [0.15, 0.2) is 63.4 Å². The van der Waals surface area contributed by atoms with Crippen molar-refractivity contribution in [2.45, 2.75) is 0 Å². The molecule has 0 aromatic heterocycles. The van der Waals surface area contributed by atoms with Crippen LogP contribution in [0.1, 0.15) is 5.56 Å². The second-order valence-electron chi connectivity index (χ2n) is 6.09. The summed E-state index contributed by atoms with van der Waals surface area (Å²) in [6, 6.07) is 14.3. The molecular weight excluding hydrogens is 378 g/mol. The van der Waals surface area contributed by atoms with E-state index in [1.807, 2.05) is 6.07 Å². The Kier molecular flexibility index (Phi) is 3.63. The molecule has 0 radical (unpaired) electrons. The maximum absolute atomic E-state index is 12.4. The number of fused-ring (bicyclic) bond motifs is 2. The molecule has 5 rings (SSSR count). The minimum atomic E-state index is -0.510. The summed E-state index contributed by atoms with van der Waals surface area (Å²) < 4.78 is 0. The standard InChI is InChI=1S/C19H11N5O3S/c25-16-13(9-5-1-3-7-11(9)20-16)15-18(27)22-19(28-15)24-23-14-10-6-2-4-8-12(10)21-17(14)26/h1-8H,(H,20,25)(H,21,23,26)(H,22,24,27)/b15-13-. The molecule has 0 fully saturated rings. The highest BCUT2D eigenvalue weighted by atomic mass is 32.2. The molecule has 3 N–H and O–H groups in total. The number of thioether (sulfide) groups is 1. The molecule has 136 valence electrons. The van der Waals surface area contributed by atoms with Gasteiger partial charge in [0.15, 0.2) is 5.17 Å². The van der Waals surface area contributed by atoms with Gasteiger partial charge in [0.05, 0.1) is 15.8 Å². The molecule has 3 heterocycles. The fraction of sp³-hybridized carbons (Fsp3) is 0. The number of anilines is 1. The van der Waals surface area contributed by atoms with Crippen LogP contribution in [-0.4, -0.2) is 22.9 Å². The number of amidine groups is 1. The zero-order valence-electron chi connectivity index (χ0n) is 14.1. The van der Waals surface area contributed by atoms with E-state index in [9.17, 15) is 14.4 Å². The summed E-state index contributed by atoms with van der Waals surface area (Å²) >= 11 is 1.04. The molecule has 3 aliphatic rings. The third-order valence-electron chi connectivity index (χ3n) is 4.40. The normalized spacial score (nSPS) is 19.8. The van der Waals surface area contributed by atoms with E-state index in [0.29, 0.717) is 27.4 Å². The number of hydrazine groups is 1. The predicted molar refractivity (Wildman–Crippen MR) is 104 cm³/mol. The number of carbonyl (C=O) groups excluding carboxylic acids is 3. The van der Waals surface area contributed by atoms with Crippen LogP contribution < -0.4 is 26.7 Å². The van der Waals surface area contributed by atoms with E-state index in [0.717, 1.165) is 11.8 Å². The molecule has 3 aliphatic heterocycles. The summed E-state index contributed by atoms with van der Waals surface area (Å²) in [5.74, 6) is -1.26. The number of carbonyl (C=O) groups is 3. The highest BCUT2D eigenvalue weighted by molar-refractivity contribution is 8.18. The number of benzene rings is 2. The van der Waals surface area contributed by atoms with Gasteiger partial charge in [-0.1, -0.05) is 36.4 Å². The first-order chi connectivity index (χ1) is 13.6. The van der Waals surface area contributed by atoms with E-state index in [1.54, 1.807) is 42.5 Å². The van der Waals surface area contributed by atoms with Gasteiger partial charge >= 0.3 is 0 Å². The fourth-order valence-electron chi connectivity index (χ4n) is 3.16. The summed E-state index contributed by atoms with van der Waals surface area (Å²) in [4.78, 5) is 44.9. The number of nitrogens with zero attached hydrogens (tertiary/aromatic N) is 2. The molecule has 2 aromatic carbocycles. The van der Waals surface area contributed by atoms with Gasteiger partial charge in [-0.3, -0.25) is 25.2 Å². The molecule has 2 aromatic rings. The van der Waals surface area contributed by atoms with Crippen LogP contribution in [0.5, 0.6) is 0 Å². The van der Waals surface area contributed by atoms with Gasteiger partial charge in [-0.2, -0.15) is 4.99 Å². The minimum Gasteiger partial charge on any atom is -0.321 e. The molecule has 8 nitrogen and oxygen atoms in total. The van der Waals surface area contributed by atoms with Crippen molar-refractivity contribution >= 4 is 51.6 Å². The third-order valence-corrected chi connectivity index (χ3v) is 5.37. The van der Waals surface area contributed by atoms with Crippen LogP contribution in [0.25, 0.3) is 11.3 Å². The first-order valence-corrected chi connectivity index (χ1v) is 9.14. The fourth-order valence-corrected chi connectivity index (χ4v) is 4.02. The lowest BCUT2D eigenvalue weighted by atomic mass is 10.1. The van der Waals surface area contributed by atoms with Gasteiger partial charge in [-0.15, -0.1) is 0 Å². The summed E-state index contributed by atoms with van der Waals surface area (Å²) in [6.45, 7) is 0. The SMILES string of the molecule is O=C1N=c2ccccc2=C1NNC1=NC(=O)/C(=C2/C(=O)Nc3ccccc32)S1. The van der Waals surface area contributed by atoms with Crippen molar-refractivity contribution in [3.05, 3.63) is 69.6 Å². The Hall–Kier alpha value is -3.72. The van der Waals surface area contributed by atoms with Crippen molar-refractivity contribution in [2.75, 3.05) is 5.32 Å². The summed E-state index contributed by atoms with van der Waals surface area (Å²) in [6.07, 6.45) is 0. The quantitative estimate of drug-likeness (QED) is 0.494. The summed E-state index contributed by atoms with van der Waals surface area (Å²) in [7, 11) is 0. The molecule has 0 saturated carbocycles. The maximum atomic E-state index is 12.4. The Labute approximate surface area is 162 Å². The molecule has 0 saturated heterocycles. The predicted octanol–water partition coefficient (Wildman–Crippen LogP) is 0.0416. The summed E-state index contributed by atoms with van der Waals surface area (Å²) in [5.41, 5.74) is 7.47. The van der Waals surface area contributed by atoms with Crippen LogP contribution in [-0.2, 0) is 14.4 Å². The van der Waals surface area contributed by atoms with Gasteiger partial charge in [-0.05, 0) is 23.9 Å². The first-order valence-electron chi connectivity index (χ1n) is 8.32. The van der Waals surface area contributed by atoms with E-state index < -0.39 is 11.8 Å². The van der Waals surface area contributed by atoms with Crippen molar-refractivity contribution in [2.24, 2.45) is 9.98 Å². The molecule has 0 bridgehead atoms. The number of nitrogens with one attached hydrogen (secondary N) is 3. The molecular formula is C19H11N5O3S. The lowest BCUT2D eigenvalue weighted by Crippen LogP contribution is -2.39. The second kappa shape index (κ2) is 6.17. The van der Waals surface area contributed by atoms with Crippen LogP contribution >= 0.6 is 11.8 Å². The average Bonchev–Trinajstić information content (AvgIpc) is 3.31. The van der Waals surface area contributed by atoms with Gasteiger partial charge in [0.25, 0.3) is 17.7 Å². The molecule has 0 spiro atoms. The monoisotopic (exact) mass is 389 g/mol. The maximum Gasteiger partial charge on any atom is 0.296 e. The third kappa shape index (κ3) is 2.52. The first kappa shape index (κ1) is 16.5. The van der Waals surface area contributed by atoms with Crippen molar-refractivity contribution in [1.29, 1.82) is 0 Å². The van der Waals surface area contributed by atoms with E-state index in [2.05, 4.69) is 26.2 Å². The smallest absolute Gasteiger partial charge is 0.296 e. The van der Waals surface area contributed by atoms with Crippen LogP contribution in [0.2, 0.25) is 0 Å². The van der Waals surface area contributed by atoms with Crippen LogP contribution in [0.3, 0.4) is 0 Å². The van der Waals surface area contributed by atoms with Crippen molar-refractivity contribution < 1.29 is 14.4 Å². The Morgan fingerprint density at radius 2 is 1.64 bits per heavy atom. The van der Waals surface area contributed by atoms with Gasteiger partial charge in [0, 0.05) is 16.5 Å². The van der Waals surface area contributed by atoms with E-state index in [1.165, 1.54) is 0 Å². The lowest BCUT2D eigenvalue weighted by molar-refractivity contribution is -0.114. The van der Waals surface area contributed by atoms with Crippen LogP contribution in [0, 0.1) is 0 Å². The number of para-hydroxylation sites is 2. The van der Waals surface area contributed by atoms with E-state index in [4.69, 9.17) is 0 Å². The number of aliphatic imine (C=N–C) groups is 1. The number of hydrogen-bond donors (Lipinski definition) is 3. The highest BCUT2D eigenvalue weighted by Gasteiger charge is 2.34. The molecule has 0 unspecified atom stereocenters. The molecule has 28 heavy (non-hydrogen) atoms. The Balaban J connectivity index is 1.41. The van der Waals surface area contributed by atoms with E-state index >= 15 is 0 Å². The van der Waals surface area contributed by atoms with Gasteiger partial charge in [0.1, 0.15) is 5.70 Å². The largest absolute Gasteiger partial charge is 0.321 e. The zero-order valence-corrected chi connectivity index (χ0v) is 15.0. The Morgan fingerprint density at radius 3 is 2.54 bits per heavy atom. The van der Waals surface area contributed by atoms with Crippen molar-refractivity contribution in [3.63, 3.8) is 0 Å². The van der Waals surface area contributed by atoms with Gasteiger partial charge in [-0.25, -0.2) is 4.99 Å². The number of rotatable bonds is 2. The Bertz CT molecular complexity index is 1280. The van der Waals surface area contributed by atoms with Gasteiger partial charge < -0.3 is 5.32 Å². The highest BCUT2D eigenvalue weighted by Crippen LogP contribution is 2.39. The van der Waals surface area contributed by atoms with Crippen molar-refractivity contribution in [3.8, 4) is 0 Å². The second-order valence-corrected chi connectivity index (χ2v) is 7.09. The average molecular weight is 389 g/mol. The number of amides is 3. The molecule has 3 amide bonds. The Morgan fingerprint density at radius 1 is 0.857 bits per heavy atom. The van der Waals surface area contributed by atoms with Crippen LogP contribution in [0.4, 0.5) is 5.69 Å². The van der Waals surface area contributed by atoms with E-state index in [-0.39, 0.29) is 21.7 Å². The molecule has 9 heteroatoms. The van der Waals surface area contributed by atoms with Gasteiger partial charge in [0.2, 0.25) is 0 Å². The molecule has 0 atom stereocenters. The number of hydrogen-bond acceptors (Lipinski definition) is 6. The molecule has 0 aliphatic carbocycles.